The Kier molecular flexibility index (Phi) is 4.25. The van der Waals surface area contributed by atoms with Crippen LogP contribution in [-0.2, 0) is 11.2 Å². The normalized spacial score (nSPS) is 18.3. The van der Waals surface area contributed by atoms with Crippen LogP contribution in [0.1, 0.15) is 42.4 Å². The molecule has 1 aromatic heterocycles. The van der Waals surface area contributed by atoms with Gasteiger partial charge >= 0.3 is 0 Å². The number of thioether (sulfide) groups is 1. The molecule has 1 amide bonds. The molecule has 2 aromatic rings. The Bertz CT molecular complexity index is 894. The number of rotatable bonds is 4. The van der Waals surface area contributed by atoms with E-state index < -0.39 is 0 Å². The van der Waals surface area contributed by atoms with Crippen LogP contribution in [0, 0.1) is 0 Å². The van der Waals surface area contributed by atoms with Crippen molar-refractivity contribution in [3.05, 3.63) is 45.2 Å². The van der Waals surface area contributed by atoms with Crippen LogP contribution in [0.2, 0.25) is 0 Å². The fourth-order valence-corrected chi connectivity index (χ4v) is 4.04. The van der Waals surface area contributed by atoms with Gasteiger partial charge in [0.25, 0.3) is 5.56 Å². The second-order valence-electron chi connectivity index (χ2n) is 6.25. The Balaban J connectivity index is 1.76. The van der Waals surface area contributed by atoms with Gasteiger partial charge in [-0.3, -0.25) is 9.59 Å². The van der Waals surface area contributed by atoms with Gasteiger partial charge in [-0.05, 0) is 23.6 Å². The number of aromatic nitrogens is 2. The highest BCUT2D eigenvalue weighted by atomic mass is 32.2. The maximum atomic E-state index is 12.7. The Morgan fingerprint density at radius 3 is 3.08 bits per heavy atom. The average Bonchev–Trinajstić information content (AvgIpc) is 3.06. The Hall–Kier alpha value is -2.28. The van der Waals surface area contributed by atoms with E-state index >= 15 is 0 Å². The first-order valence-corrected chi connectivity index (χ1v) is 9.46. The topological polar surface area (TPSA) is 84.1 Å². The standard InChI is InChI=1S/C18H19N3O3S/c1-2-7-25-18-20-16-15(17(23)21-18)12(9-14(22)19-16)10-3-4-13-11(8-10)5-6-24-13/h3-4,8,12H,2,5-7,9H2,1H3,(H2,19,20,21,22,23). The largest absolute Gasteiger partial charge is 0.493 e. The van der Waals surface area contributed by atoms with Crippen molar-refractivity contribution in [1.82, 2.24) is 9.97 Å². The minimum absolute atomic E-state index is 0.112. The van der Waals surface area contributed by atoms with Gasteiger partial charge in [-0.25, -0.2) is 4.98 Å². The number of hydrogen-bond donors (Lipinski definition) is 2. The molecule has 3 heterocycles. The molecule has 0 saturated heterocycles. The second kappa shape index (κ2) is 6.55. The Morgan fingerprint density at radius 2 is 2.24 bits per heavy atom. The van der Waals surface area contributed by atoms with Crippen molar-refractivity contribution in [2.45, 2.75) is 37.3 Å². The van der Waals surface area contributed by atoms with Crippen molar-refractivity contribution in [3.63, 3.8) is 0 Å². The number of carbonyl (C=O) groups is 1. The van der Waals surface area contributed by atoms with Gasteiger partial charge in [-0.15, -0.1) is 0 Å². The predicted octanol–water partition coefficient (Wildman–Crippen LogP) is 2.68. The van der Waals surface area contributed by atoms with Crippen LogP contribution in [0.15, 0.2) is 28.2 Å². The summed E-state index contributed by atoms with van der Waals surface area (Å²) >= 11 is 1.49. The third kappa shape index (κ3) is 3.04. The Morgan fingerprint density at radius 1 is 1.36 bits per heavy atom. The number of benzene rings is 1. The van der Waals surface area contributed by atoms with E-state index in [2.05, 4.69) is 28.3 Å². The van der Waals surface area contributed by atoms with Crippen LogP contribution in [0.3, 0.4) is 0 Å². The number of H-pyrrole nitrogens is 1. The number of amides is 1. The van der Waals surface area contributed by atoms with E-state index in [-0.39, 0.29) is 23.8 Å². The fourth-order valence-electron chi connectivity index (χ4n) is 3.33. The van der Waals surface area contributed by atoms with Gasteiger partial charge in [-0.1, -0.05) is 30.8 Å². The molecule has 0 aliphatic carbocycles. The molecule has 1 aromatic carbocycles. The molecule has 2 N–H and O–H groups in total. The summed E-state index contributed by atoms with van der Waals surface area (Å²) in [6.07, 6.45) is 2.09. The van der Waals surface area contributed by atoms with Gasteiger partial charge in [0.05, 0.1) is 12.2 Å². The molecule has 1 unspecified atom stereocenters. The van der Waals surface area contributed by atoms with Crippen molar-refractivity contribution in [2.75, 3.05) is 17.7 Å². The number of nitrogens with one attached hydrogen (secondary N) is 2. The van der Waals surface area contributed by atoms with E-state index in [0.29, 0.717) is 23.1 Å². The SMILES string of the molecule is CCCSc1nc2c(c(=O)[nH]1)C(c1ccc3c(c1)CCO3)CC(=O)N2. The van der Waals surface area contributed by atoms with Crippen LogP contribution in [0.4, 0.5) is 5.82 Å². The highest BCUT2D eigenvalue weighted by molar-refractivity contribution is 7.99. The summed E-state index contributed by atoms with van der Waals surface area (Å²) in [5.74, 6) is 1.75. The number of fused-ring (bicyclic) bond motifs is 2. The first kappa shape index (κ1) is 16.2. The second-order valence-corrected chi connectivity index (χ2v) is 7.34. The summed E-state index contributed by atoms with van der Waals surface area (Å²) in [7, 11) is 0. The maximum Gasteiger partial charge on any atom is 0.257 e. The third-order valence-electron chi connectivity index (χ3n) is 4.49. The van der Waals surface area contributed by atoms with E-state index in [4.69, 9.17) is 4.74 Å². The molecule has 1 atom stereocenters. The average molecular weight is 357 g/mol. The van der Waals surface area contributed by atoms with Gasteiger partial charge in [0.1, 0.15) is 11.6 Å². The molecule has 2 aliphatic rings. The van der Waals surface area contributed by atoms with E-state index in [0.717, 1.165) is 35.5 Å². The van der Waals surface area contributed by atoms with Gasteiger partial charge in [0.2, 0.25) is 5.91 Å². The molecule has 0 fully saturated rings. The van der Waals surface area contributed by atoms with Gasteiger partial charge < -0.3 is 15.0 Å². The lowest BCUT2D eigenvalue weighted by atomic mass is 9.86. The molecule has 25 heavy (non-hydrogen) atoms. The molecule has 0 radical (unpaired) electrons. The smallest absolute Gasteiger partial charge is 0.257 e. The minimum atomic E-state index is -0.281. The lowest BCUT2D eigenvalue weighted by molar-refractivity contribution is -0.116. The zero-order valence-electron chi connectivity index (χ0n) is 13.9. The number of ether oxygens (including phenoxy) is 1. The molecule has 2 aliphatic heterocycles. The molecule has 130 valence electrons. The summed E-state index contributed by atoms with van der Waals surface area (Å²) < 4.78 is 5.55. The maximum absolute atomic E-state index is 12.7. The van der Waals surface area contributed by atoms with Gasteiger partial charge in [0, 0.05) is 24.5 Å². The zero-order valence-corrected chi connectivity index (χ0v) is 14.7. The first-order valence-electron chi connectivity index (χ1n) is 8.48. The first-order chi connectivity index (χ1) is 12.2. The van der Waals surface area contributed by atoms with Crippen molar-refractivity contribution in [1.29, 1.82) is 0 Å². The van der Waals surface area contributed by atoms with E-state index in [1.54, 1.807) is 0 Å². The molecule has 0 spiro atoms. The van der Waals surface area contributed by atoms with Gasteiger partial charge in [0.15, 0.2) is 5.16 Å². The summed E-state index contributed by atoms with van der Waals surface area (Å²) in [4.78, 5) is 32.2. The third-order valence-corrected chi connectivity index (χ3v) is 5.57. The molecular weight excluding hydrogens is 338 g/mol. The molecule has 0 saturated carbocycles. The summed E-state index contributed by atoms with van der Waals surface area (Å²) in [5, 5.41) is 3.31. The van der Waals surface area contributed by atoms with Crippen molar-refractivity contribution < 1.29 is 9.53 Å². The number of hydrogen-bond acceptors (Lipinski definition) is 5. The summed E-state index contributed by atoms with van der Waals surface area (Å²) in [6, 6.07) is 5.92. The fraction of sp³-hybridized carbons (Fsp3) is 0.389. The van der Waals surface area contributed by atoms with E-state index in [9.17, 15) is 9.59 Å². The van der Waals surface area contributed by atoms with Crippen LogP contribution >= 0.6 is 11.8 Å². The van der Waals surface area contributed by atoms with Crippen LogP contribution in [0.5, 0.6) is 5.75 Å². The molecule has 4 rings (SSSR count). The lowest BCUT2D eigenvalue weighted by Gasteiger charge is -2.24. The van der Waals surface area contributed by atoms with Crippen LogP contribution in [-0.4, -0.2) is 28.2 Å². The monoisotopic (exact) mass is 357 g/mol. The Labute approximate surface area is 149 Å². The van der Waals surface area contributed by atoms with Crippen LogP contribution in [0.25, 0.3) is 0 Å². The zero-order chi connectivity index (χ0) is 17.4. The molecule has 6 nitrogen and oxygen atoms in total. The molecular formula is C18H19N3O3S. The number of carbonyl (C=O) groups excluding carboxylic acids is 1. The quantitative estimate of drug-likeness (QED) is 0.649. The summed E-state index contributed by atoms with van der Waals surface area (Å²) in [5.41, 5.74) is 2.45. The predicted molar refractivity (Wildman–Crippen MR) is 96.6 cm³/mol. The molecule has 0 bridgehead atoms. The number of anilines is 1. The van der Waals surface area contributed by atoms with E-state index in [1.165, 1.54) is 11.8 Å². The summed E-state index contributed by atoms with van der Waals surface area (Å²) in [6.45, 7) is 2.75. The molecule has 7 heteroatoms. The van der Waals surface area contributed by atoms with E-state index in [1.807, 2.05) is 12.1 Å². The number of aromatic amines is 1. The van der Waals surface area contributed by atoms with Gasteiger partial charge in [-0.2, -0.15) is 0 Å². The lowest BCUT2D eigenvalue weighted by Crippen LogP contribution is -2.31. The van der Waals surface area contributed by atoms with Crippen molar-refractivity contribution in [3.8, 4) is 5.75 Å². The van der Waals surface area contributed by atoms with Crippen molar-refractivity contribution >= 4 is 23.5 Å². The highest BCUT2D eigenvalue weighted by Gasteiger charge is 2.31. The number of nitrogens with zero attached hydrogens (tertiary/aromatic N) is 1. The highest BCUT2D eigenvalue weighted by Crippen LogP contribution is 2.37. The minimum Gasteiger partial charge on any atom is -0.493 e. The van der Waals surface area contributed by atoms with Crippen LogP contribution < -0.4 is 15.6 Å². The van der Waals surface area contributed by atoms with Crippen molar-refractivity contribution in [2.24, 2.45) is 0 Å².